The lowest BCUT2D eigenvalue weighted by atomic mass is 9.99. The minimum atomic E-state index is -0.777. The number of hydrogen-bond acceptors (Lipinski definition) is 4. The normalized spacial score (nSPS) is 43.4. The number of rotatable bonds is 0. The van der Waals surface area contributed by atoms with Gasteiger partial charge in [-0.25, -0.2) is 4.79 Å². The summed E-state index contributed by atoms with van der Waals surface area (Å²) in [6, 6.07) is -0.225. The largest absolute Gasteiger partial charge is 0.440 e. The number of carbonyl (C=O) groups is 1. The molecule has 5 nitrogen and oxygen atoms in total. The lowest BCUT2D eigenvalue weighted by Crippen LogP contribution is -2.44. The molecule has 16 heavy (non-hydrogen) atoms. The van der Waals surface area contributed by atoms with Crippen LogP contribution < -0.4 is 0 Å². The van der Waals surface area contributed by atoms with Crippen LogP contribution in [0.4, 0.5) is 4.79 Å². The van der Waals surface area contributed by atoms with Crippen molar-refractivity contribution in [2.45, 2.75) is 31.3 Å². The van der Waals surface area contributed by atoms with E-state index in [1.807, 2.05) is 6.92 Å². The molecule has 4 atom stereocenters. The zero-order chi connectivity index (χ0) is 11.4. The molecule has 1 amide bonds. The van der Waals surface area contributed by atoms with Crippen LogP contribution in [-0.4, -0.2) is 52.1 Å². The molecule has 0 bridgehead atoms. The van der Waals surface area contributed by atoms with Crippen LogP contribution in [0.15, 0.2) is 23.3 Å². The van der Waals surface area contributed by atoms with Crippen LogP contribution in [0.2, 0.25) is 0 Å². The first-order valence-corrected chi connectivity index (χ1v) is 5.35. The highest BCUT2D eigenvalue weighted by atomic mass is 16.6. The van der Waals surface area contributed by atoms with Crippen LogP contribution in [0.1, 0.15) is 6.92 Å². The van der Waals surface area contributed by atoms with Gasteiger partial charge in [0.2, 0.25) is 0 Å². The van der Waals surface area contributed by atoms with Gasteiger partial charge in [-0.1, -0.05) is 6.08 Å². The summed E-state index contributed by atoms with van der Waals surface area (Å²) < 4.78 is 5.14. The summed E-state index contributed by atoms with van der Waals surface area (Å²) >= 11 is 0. The van der Waals surface area contributed by atoms with Crippen molar-refractivity contribution in [1.82, 2.24) is 4.90 Å². The van der Waals surface area contributed by atoms with Gasteiger partial charge in [0.1, 0.15) is 12.1 Å². The molecule has 2 aliphatic heterocycles. The third-order valence-corrected chi connectivity index (χ3v) is 3.47. The topological polar surface area (TPSA) is 70.0 Å². The van der Waals surface area contributed by atoms with Crippen molar-refractivity contribution in [3.8, 4) is 0 Å². The van der Waals surface area contributed by atoms with Crippen LogP contribution in [0, 0.1) is 0 Å². The first-order chi connectivity index (χ1) is 7.63. The Labute approximate surface area is 92.6 Å². The van der Waals surface area contributed by atoms with Gasteiger partial charge in [-0.05, 0) is 24.1 Å². The molecule has 1 aliphatic carbocycles. The zero-order valence-electron chi connectivity index (χ0n) is 8.83. The Hall–Kier alpha value is -1.33. The predicted octanol–water partition coefficient (Wildman–Crippen LogP) is -0.202. The fourth-order valence-corrected chi connectivity index (χ4v) is 2.82. The summed E-state index contributed by atoms with van der Waals surface area (Å²) in [6.07, 6.45) is 1.09. The summed E-state index contributed by atoms with van der Waals surface area (Å²) in [5.41, 5.74) is 1.58. The van der Waals surface area contributed by atoms with E-state index in [0.717, 1.165) is 11.1 Å². The third-order valence-electron chi connectivity index (χ3n) is 3.47. The highest BCUT2D eigenvalue weighted by Crippen LogP contribution is 2.43. The van der Waals surface area contributed by atoms with Gasteiger partial charge in [-0.2, -0.15) is 0 Å². The number of aliphatic hydroxyl groups is 2. The molecule has 0 aromatic rings. The Bertz CT molecular complexity index is 414. The van der Waals surface area contributed by atoms with Gasteiger partial charge in [0.05, 0.1) is 12.6 Å². The minimum absolute atomic E-state index is 0.225. The van der Waals surface area contributed by atoms with Crippen LogP contribution in [0.3, 0.4) is 0 Å². The highest BCUT2D eigenvalue weighted by molar-refractivity contribution is 5.75. The molecule has 2 fully saturated rings. The average Bonchev–Trinajstić information content (AvgIpc) is 2.69. The SMILES string of the molecule is C/C=C1/C2=C[C@@H](O)CN3C(=O)O[C@H]([C@H]1O)[C@H]23. The first-order valence-electron chi connectivity index (χ1n) is 5.35. The predicted molar refractivity (Wildman–Crippen MR) is 54.6 cm³/mol. The number of carbonyl (C=O) groups excluding carboxylic acids is 1. The van der Waals surface area contributed by atoms with Gasteiger partial charge in [0, 0.05) is 0 Å². The Kier molecular flexibility index (Phi) is 1.90. The molecule has 1 saturated carbocycles. The van der Waals surface area contributed by atoms with Gasteiger partial charge >= 0.3 is 6.09 Å². The maximum absolute atomic E-state index is 11.5. The van der Waals surface area contributed by atoms with Gasteiger partial charge < -0.3 is 14.9 Å². The van der Waals surface area contributed by atoms with E-state index in [1.54, 1.807) is 12.2 Å². The molecular formula is C11H13NO4. The van der Waals surface area contributed by atoms with Crippen LogP contribution in [0.5, 0.6) is 0 Å². The van der Waals surface area contributed by atoms with Crippen molar-refractivity contribution in [3.63, 3.8) is 0 Å². The Morgan fingerprint density at radius 1 is 1.56 bits per heavy atom. The molecule has 2 N–H and O–H groups in total. The van der Waals surface area contributed by atoms with Crippen molar-refractivity contribution in [1.29, 1.82) is 0 Å². The van der Waals surface area contributed by atoms with Gasteiger partial charge in [0.15, 0.2) is 6.10 Å². The van der Waals surface area contributed by atoms with Crippen LogP contribution in [-0.2, 0) is 4.74 Å². The molecule has 5 heteroatoms. The number of hydrogen-bond donors (Lipinski definition) is 2. The van der Waals surface area contributed by atoms with Crippen molar-refractivity contribution < 1.29 is 19.7 Å². The van der Waals surface area contributed by atoms with E-state index >= 15 is 0 Å². The summed E-state index contributed by atoms with van der Waals surface area (Å²) in [5, 5.41) is 19.7. The maximum atomic E-state index is 11.5. The molecule has 3 aliphatic rings. The second-order valence-corrected chi connectivity index (χ2v) is 4.32. The van der Waals surface area contributed by atoms with E-state index in [4.69, 9.17) is 4.74 Å². The summed E-state index contributed by atoms with van der Waals surface area (Å²) in [7, 11) is 0. The molecule has 2 heterocycles. The molecule has 0 unspecified atom stereocenters. The number of nitrogens with zero attached hydrogens (tertiary/aromatic N) is 1. The molecule has 1 saturated heterocycles. The average molecular weight is 223 g/mol. The zero-order valence-corrected chi connectivity index (χ0v) is 8.83. The highest BCUT2D eigenvalue weighted by Gasteiger charge is 2.56. The fourth-order valence-electron chi connectivity index (χ4n) is 2.82. The Morgan fingerprint density at radius 2 is 2.31 bits per heavy atom. The number of aliphatic hydroxyl groups excluding tert-OH is 2. The molecule has 3 rings (SSSR count). The van der Waals surface area contributed by atoms with Crippen LogP contribution >= 0.6 is 0 Å². The van der Waals surface area contributed by atoms with E-state index in [0.29, 0.717) is 0 Å². The molecule has 0 spiro atoms. The third kappa shape index (κ3) is 1.04. The molecule has 0 aromatic heterocycles. The molecule has 0 aromatic carbocycles. The van der Waals surface area contributed by atoms with Crippen molar-refractivity contribution in [2.24, 2.45) is 0 Å². The quantitative estimate of drug-likeness (QED) is 0.596. The maximum Gasteiger partial charge on any atom is 0.410 e. The summed E-state index contributed by atoms with van der Waals surface area (Å²) in [6.45, 7) is 2.07. The Morgan fingerprint density at radius 3 is 3.00 bits per heavy atom. The number of ether oxygens (including phenoxy) is 1. The monoisotopic (exact) mass is 223 g/mol. The van der Waals surface area contributed by atoms with Gasteiger partial charge in [0.25, 0.3) is 0 Å². The van der Waals surface area contributed by atoms with Crippen LogP contribution in [0.25, 0.3) is 0 Å². The van der Waals surface area contributed by atoms with Gasteiger partial charge in [-0.15, -0.1) is 0 Å². The summed E-state index contributed by atoms with van der Waals surface area (Å²) in [4.78, 5) is 13.0. The fraction of sp³-hybridized carbons (Fsp3) is 0.545. The van der Waals surface area contributed by atoms with Gasteiger partial charge in [-0.3, -0.25) is 4.90 Å². The second kappa shape index (κ2) is 3.09. The number of amides is 1. The Balaban J connectivity index is 2.11. The standard InChI is InChI=1S/C11H13NO4/c1-2-6-7-3-5(13)4-12-8(7)10(9(6)14)16-11(12)15/h2-3,5,8-10,13-14H,4H2,1H3/b6-2-/t5-,8+,9+,10+/m1/s1. The molecule has 86 valence electrons. The second-order valence-electron chi connectivity index (χ2n) is 4.32. The minimum Gasteiger partial charge on any atom is -0.440 e. The van der Waals surface area contributed by atoms with Crippen molar-refractivity contribution in [3.05, 3.63) is 23.3 Å². The smallest absolute Gasteiger partial charge is 0.410 e. The van der Waals surface area contributed by atoms with E-state index < -0.39 is 24.4 Å². The van der Waals surface area contributed by atoms with E-state index in [1.165, 1.54) is 4.90 Å². The van der Waals surface area contributed by atoms with Crippen molar-refractivity contribution >= 4 is 6.09 Å². The number of allylic oxidation sites excluding steroid dienone is 1. The van der Waals surface area contributed by atoms with E-state index in [-0.39, 0.29) is 12.6 Å². The summed E-state index contributed by atoms with van der Waals surface area (Å²) in [5.74, 6) is 0. The lowest BCUT2D eigenvalue weighted by molar-refractivity contribution is 0.0581. The lowest BCUT2D eigenvalue weighted by Gasteiger charge is -2.28. The van der Waals surface area contributed by atoms with E-state index in [2.05, 4.69) is 0 Å². The molecule has 0 radical (unpaired) electrons. The first kappa shape index (κ1) is 9.86. The van der Waals surface area contributed by atoms with Crippen molar-refractivity contribution in [2.75, 3.05) is 6.54 Å². The molecular weight excluding hydrogens is 210 g/mol. The van der Waals surface area contributed by atoms with E-state index in [9.17, 15) is 15.0 Å².